The molecule has 1 aromatic rings. The molecule has 0 atom stereocenters. The summed E-state index contributed by atoms with van der Waals surface area (Å²) in [6, 6.07) is 1.94. The Hall–Kier alpha value is 1.15. The van der Waals surface area contributed by atoms with E-state index in [1.54, 1.807) is 0 Å². The van der Waals surface area contributed by atoms with Crippen LogP contribution in [-0.2, 0) is 4.79 Å². The molecule has 0 unspecified atom stereocenters. The molecule has 25 heavy (non-hydrogen) atoms. The first-order valence-corrected chi connectivity index (χ1v) is 10.9. The van der Waals surface area contributed by atoms with Crippen molar-refractivity contribution < 1.29 is 49.0 Å². The van der Waals surface area contributed by atoms with Gasteiger partial charge in [0.15, 0.2) is 0 Å². The van der Waals surface area contributed by atoms with Crippen LogP contribution < -0.4 is 39.4 Å². The van der Waals surface area contributed by atoms with E-state index in [1.807, 2.05) is 11.0 Å². The maximum absolute atomic E-state index is 12.9. The van der Waals surface area contributed by atoms with E-state index in [0.29, 0.717) is 17.7 Å². The summed E-state index contributed by atoms with van der Waals surface area (Å²) in [4.78, 5) is 25.3. The summed E-state index contributed by atoms with van der Waals surface area (Å²) in [5.74, 6) is -0.360. The van der Waals surface area contributed by atoms with Gasteiger partial charge >= 0.3 is 29.6 Å². The minimum Gasteiger partial charge on any atom is -0.550 e. The van der Waals surface area contributed by atoms with Crippen LogP contribution in [0.3, 0.4) is 0 Å². The number of rotatable bonds is 6. The van der Waals surface area contributed by atoms with Gasteiger partial charge in [-0.15, -0.1) is 0 Å². The summed E-state index contributed by atoms with van der Waals surface area (Å²) in [5, 5.41) is 10.5. The van der Waals surface area contributed by atoms with Crippen molar-refractivity contribution in [1.82, 2.24) is 4.90 Å². The van der Waals surface area contributed by atoms with Gasteiger partial charge in [0.25, 0.3) is 5.91 Å². The Bertz CT molecular complexity index is 636. The first-order valence-electron chi connectivity index (χ1n) is 7.71. The molecule has 0 saturated carbocycles. The molecule has 0 bridgehead atoms. The van der Waals surface area contributed by atoms with E-state index in [4.69, 9.17) is 4.74 Å². The number of piperidine rings is 1. The van der Waals surface area contributed by atoms with Crippen molar-refractivity contribution in [3.05, 3.63) is 22.3 Å². The molecule has 1 saturated heterocycles. The minimum absolute atomic E-state index is 0. The van der Waals surface area contributed by atoms with Crippen LogP contribution >= 0.6 is 67.8 Å². The van der Waals surface area contributed by atoms with Crippen LogP contribution in [0.15, 0.2) is 6.07 Å². The van der Waals surface area contributed by atoms with Crippen LogP contribution in [-0.4, -0.2) is 36.5 Å². The molecule has 1 heterocycles. The van der Waals surface area contributed by atoms with Crippen molar-refractivity contribution in [2.45, 2.75) is 32.1 Å². The smallest absolute Gasteiger partial charge is 0.550 e. The Morgan fingerprint density at radius 3 is 2.36 bits per heavy atom. The fourth-order valence-electron chi connectivity index (χ4n) is 2.55. The summed E-state index contributed by atoms with van der Waals surface area (Å²) >= 11 is 6.54. The first-order chi connectivity index (χ1) is 11.4. The van der Waals surface area contributed by atoms with Crippen molar-refractivity contribution in [2.75, 3.05) is 19.7 Å². The van der Waals surface area contributed by atoms with Crippen molar-refractivity contribution in [3.63, 3.8) is 0 Å². The van der Waals surface area contributed by atoms with Crippen LogP contribution in [0.2, 0.25) is 0 Å². The number of ether oxygens (including phenoxy) is 1. The van der Waals surface area contributed by atoms with E-state index >= 15 is 0 Å². The van der Waals surface area contributed by atoms with Gasteiger partial charge in [-0.05, 0) is 106 Å². The molecule has 0 aliphatic carbocycles. The normalized spacial score (nSPS) is 14.0. The summed E-state index contributed by atoms with van der Waals surface area (Å²) in [7, 11) is 0. The number of hydrogen-bond donors (Lipinski definition) is 0. The van der Waals surface area contributed by atoms with E-state index < -0.39 is 5.97 Å². The maximum atomic E-state index is 12.9. The number of hydrogen-bond acceptors (Lipinski definition) is 4. The van der Waals surface area contributed by atoms with Crippen LogP contribution in [0, 0.1) is 10.7 Å². The van der Waals surface area contributed by atoms with Gasteiger partial charge in [0, 0.05) is 22.6 Å². The van der Waals surface area contributed by atoms with Gasteiger partial charge in [-0.25, -0.2) is 0 Å². The third kappa shape index (κ3) is 6.91. The second kappa shape index (κ2) is 11.9. The number of nitrogens with zero attached hydrogens (tertiary/aromatic N) is 1. The van der Waals surface area contributed by atoms with E-state index in [-0.39, 0.29) is 48.5 Å². The Balaban J connectivity index is 0.00000312. The molecule has 9 heteroatoms. The molecule has 0 N–H and O–H groups in total. The van der Waals surface area contributed by atoms with Gasteiger partial charge in [-0.3, -0.25) is 4.79 Å². The Kier molecular flexibility index (Phi) is 11.5. The number of amides is 1. The topological polar surface area (TPSA) is 69.7 Å². The van der Waals surface area contributed by atoms with E-state index in [1.165, 1.54) is 6.42 Å². The zero-order valence-electron chi connectivity index (χ0n) is 13.9. The SMILES string of the molecule is O=C([O-])CCCOc1c(I)cc(I)c(C(=O)N2CCCCC2)c1I.[Na+]. The third-order valence-electron chi connectivity index (χ3n) is 3.76. The number of carbonyl (C=O) groups excluding carboxylic acids is 2. The summed E-state index contributed by atoms with van der Waals surface area (Å²) < 4.78 is 8.41. The van der Waals surface area contributed by atoms with Crippen LogP contribution in [0.25, 0.3) is 0 Å². The molecule has 1 aliphatic heterocycles. The molecular weight excluding hydrogens is 674 g/mol. The largest absolute Gasteiger partial charge is 1.00 e. The van der Waals surface area contributed by atoms with Gasteiger partial charge in [0.05, 0.1) is 19.3 Å². The fraction of sp³-hybridized carbons (Fsp3) is 0.500. The summed E-state index contributed by atoms with van der Waals surface area (Å²) in [6.07, 6.45) is 3.64. The average Bonchev–Trinajstić information content (AvgIpc) is 2.54. The molecule has 1 fully saturated rings. The van der Waals surface area contributed by atoms with Gasteiger partial charge < -0.3 is 19.5 Å². The van der Waals surface area contributed by atoms with Crippen LogP contribution in [0.4, 0.5) is 0 Å². The molecular formula is C16H17I3NNaO4. The number of aliphatic carboxylic acids is 1. The number of halogens is 3. The quantitative estimate of drug-likeness (QED) is 0.241. The van der Waals surface area contributed by atoms with Crippen LogP contribution in [0.1, 0.15) is 42.5 Å². The number of likely N-dealkylation sites (tertiary alicyclic amines) is 1. The predicted molar refractivity (Wildman–Crippen MR) is 114 cm³/mol. The van der Waals surface area contributed by atoms with Crippen molar-refractivity contribution in [3.8, 4) is 5.75 Å². The maximum Gasteiger partial charge on any atom is 1.00 e. The molecule has 1 aromatic carbocycles. The van der Waals surface area contributed by atoms with E-state index in [9.17, 15) is 14.7 Å². The molecule has 2 rings (SSSR count). The van der Waals surface area contributed by atoms with Gasteiger partial charge in [-0.1, -0.05) is 0 Å². The molecule has 0 spiro atoms. The van der Waals surface area contributed by atoms with E-state index in [2.05, 4.69) is 67.8 Å². The first kappa shape index (κ1) is 24.2. The van der Waals surface area contributed by atoms with Crippen molar-refractivity contribution in [2.24, 2.45) is 0 Å². The number of carboxylic acid groups (broad SMARTS) is 1. The molecule has 0 aromatic heterocycles. The summed E-state index contributed by atoms with van der Waals surface area (Å²) in [5.41, 5.74) is 0.688. The van der Waals surface area contributed by atoms with Gasteiger partial charge in [0.2, 0.25) is 0 Å². The van der Waals surface area contributed by atoms with Gasteiger partial charge in [0.1, 0.15) is 5.75 Å². The number of carboxylic acids is 1. The Morgan fingerprint density at radius 1 is 1.12 bits per heavy atom. The van der Waals surface area contributed by atoms with Crippen molar-refractivity contribution in [1.29, 1.82) is 0 Å². The second-order valence-corrected chi connectivity index (χ2v) is 8.94. The van der Waals surface area contributed by atoms with Gasteiger partial charge in [-0.2, -0.15) is 0 Å². The predicted octanol–water partition coefficient (Wildman–Crippen LogP) is 0.0394. The minimum atomic E-state index is -1.08. The number of carbonyl (C=O) groups is 2. The monoisotopic (exact) mass is 691 g/mol. The zero-order chi connectivity index (χ0) is 17.7. The molecule has 5 nitrogen and oxygen atoms in total. The van der Waals surface area contributed by atoms with Crippen molar-refractivity contribution >= 4 is 79.6 Å². The Labute approximate surface area is 210 Å². The van der Waals surface area contributed by atoms with E-state index in [0.717, 1.165) is 36.6 Å². The summed E-state index contributed by atoms with van der Waals surface area (Å²) in [6.45, 7) is 1.90. The fourth-order valence-corrected chi connectivity index (χ4v) is 6.69. The average molecular weight is 691 g/mol. The molecule has 0 radical (unpaired) electrons. The number of benzene rings is 1. The third-order valence-corrected chi connectivity index (χ3v) is 6.44. The molecule has 132 valence electrons. The standard InChI is InChI=1S/C16H18I3NO4.Na/c17-10-9-11(18)15(24-8-4-5-12(21)22)14(19)13(10)16(23)20-6-2-1-3-7-20;/h9H,1-8H2,(H,21,22);/q;+1/p-1. The zero-order valence-corrected chi connectivity index (χ0v) is 22.4. The molecule has 1 amide bonds. The Morgan fingerprint density at radius 2 is 1.76 bits per heavy atom. The second-order valence-electron chi connectivity index (χ2n) is 5.54. The van der Waals surface area contributed by atoms with Crippen LogP contribution in [0.5, 0.6) is 5.75 Å². The molecule has 1 aliphatic rings.